The molecule has 2 aromatic heterocycles. The molecule has 1 amide bonds. The number of hydrogen-bond acceptors (Lipinski definition) is 5. The lowest BCUT2D eigenvalue weighted by atomic mass is 10.4. The first kappa shape index (κ1) is 18.4. The first-order valence-electron chi connectivity index (χ1n) is 6.32. The predicted molar refractivity (Wildman–Crippen MR) is 96.5 cm³/mol. The van der Waals surface area contributed by atoms with E-state index in [0.717, 1.165) is 10.7 Å². The number of halogens is 1. The van der Waals surface area contributed by atoms with Crippen molar-refractivity contribution in [1.82, 2.24) is 15.6 Å². The SMILES string of the molecule is CN=C(NCc1ccc(C(N)=O)o1)NCc1nc(C)cs1.I. The summed E-state index contributed by atoms with van der Waals surface area (Å²) in [5, 5.41) is 9.23. The molecule has 9 heteroatoms. The maximum Gasteiger partial charge on any atom is 0.284 e. The highest BCUT2D eigenvalue weighted by Crippen LogP contribution is 2.08. The van der Waals surface area contributed by atoms with Gasteiger partial charge in [0.25, 0.3) is 5.91 Å². The molecule has 0 saturated carbocycles. The van der Waals surface area contributed by atoms with Gasteiger partial charge in [-0.2, -0.15) is 0 Å². The molecule has 22 heavy (non-hydrogen) atoms. The standard InChI is InChI=1S/C13H17N5O2S.HI/c1-8-7-21-11(18-8)6-17-13(15-2)16-5-9-3-4-10(20-9)12(14)19;/h3-4,7H,5-6H2,1-2H3,(H2,14,19)(H2,15,16,17);1H. The van der Waals surface area contributed by atoms with Crippen molar-refractivity contribution in [3.05, 3.63) is 39.7 Å². The Bertz CT molecular complexity index is 652. The Balaban J connectivity index is 0.00000242. The van der Waals surface area contributed by atoms with Crippen LogP contribution in [0.4, 0.5) is 0 Å². The minimum absolute atomic E-state index is 0. The number of hydrogen-bond donors (Lipinski definition) is 3. The summed E-state index contributed by atoms with van der Waals surface area (Å²) >= 11 is 1.60. The van der Waals surface area contributed by atoms with Gasteiger partial charge in [0.2, 0.25) is 0 Å². The zero-order valence-corrected chi connectivity index (χ0v) is 15.4. The van der Waals surface area contributed by atoms with E-state index in [2.05, 4.69) is 20.6 Å². The highest BCUT2D eigenvalue weighted by molar-refractivity contribution is 14.0. The number of thiazole rings is 1. The second-order valence-corrected chi connectivity index (χ2v) is 5.23. The second kappa shape index (κ2) is 8.73. The lowest BCUT2D eigenvalue weighted by Gasteiger charge is -2.09. The lowest BCUT2D eigenvalue weighted by Crippen LogP contribution is -2.36. The van der Waals surface area contributed by atoms with Crippen LogP contribution in [0.5, 0.6) is 0 Å². The molecule has 0 fully saturated rings. The maximum atomic E-state index is 10.9. The Labute approximate surface area is 149 Å². The van der Waals surface area contributed by atoms with Crippen molar-refractivity contribution in [2.75, 3.05) is 7.05 Å². The van der Waals surface area contributed by atoms with Gasteiger partial charge in [-0.25, -0.2) is 4.98 Å². The fourth-order valence-corrected chi connectivity index (χ4v) is 2.35. The number of nitrogens with two attached hydrogens (primary N) is 1. The molecule has 0 aliphatic heterocycles. The Hall–Kier alpha value is -1.62. The van der Waals surface area contributed by atoms with Gasteiger partial charge in [0, 0.05) is 18.1 Å². The number of nitrogens with one attached hydrogen (secondary N) is 2. The van der Waals surface area contributed by atoms with Crippen molar-refractivity contribution in [2.24, 2.45) is 10.7 Å². The van der Waals surface area contributed by atoms with Gasteiger partial charge in [0.1, 0.15) is 10.8 Å². The van der Waals surface area contributed by atoms with Crippen molar-refractivity contribution in [3.8, 4) is 0 Å². The average Bonchev–Trinajstić information content (AvgIpc) is 3.08. The molecular formula is C13H18IN5O2S. The molecule has 7 nitrogen and oxygen atoms in total. The monoisotopic (exact) mass is 435 g/mol. The van der Waals surface area contributed by atoms with Crippen molar-refractivity contribution >= 4 is 47.2 Å². The molecule has 2 rings (SSSR count). The third-order valence-electron chi connectivity index (χ3n) is 2.63. The fraction of sp³-hybridized carbons (Fsp3) is 0.308. The number of rotatable bonds is 5. The summed E-state index contributed by atoms with van der Waals surface area (Å²) in [5.41, 5.74) is 6.14. The van der Waals surface area contributed by atoms with Gasteiger partial charge in [-0.05, 0) is 19.1 Å². The highest BCUT2D eigenvalue weighted by Gasteiger charge is 2.07. The Kier molecular flexibility index (Phi) is 7.32. The van der Waals surface area contributed by atoms with Gasteiger partial charge < -0.3 is 20.8 Å². The van der Waals surface area contributed by atoms with E-state index < -0.39 is 5.91 Å². The predicted octanol–water partition coefficient (Wildman–Crippen LogP) is 1.63. The second-order valence-electron chi connectivity index (χ2n) is 4.29. The Morgan fingerprint density at radius 1 is 1.41 bits per heavy atom. The van der Waals surface area contributed by atoms with E-state index in [9.17, 15) is 4.79 Å². The van der Waals surface area contributed by atoms with Crippen LogP contribution in [0.1, 0.15) is 27.0 Å². The number of aromatic nitrogens is 1. The van der Waals surface area contributed by atoms with Crippen molar-refractivity contribution < 1.29 is 9.21 Å². The van der Waals surface area contributed by atoms with Crippen LogP contribution in [-0.2, 0) is 13.1 Å². The van der Waals surface area contributed by atoms with Crippen molar-refractivity contribution in [3.63, 3.8) is 0 Å². The summed E-state index contributed by atoms with van der Waals surface area (Å²) in [6.45, 7) is 2.97. The van der Waals surface area contributed by atoms with Gasteiger partial charge in [-0.3, -0.25) is 9.79 Å². The van der Waals surface area contributed by atoms with E-state index in [4.69, 9.17) is 10.2 Å². The number of nitrogens with zero attached hydrogens (tertiary/aromatic N) is 2. The molecule has 0 bridgehead atoms. The summed E-state index contributed by atoms with van der Waals surface area (Å²) in [5.74, 6) is 0.799. The van der Waals surface area contributed by atoms with Crippen LogP contribution in [0.2, 0.25) is 0 Å². The zero-order valence-electron chi connectivity index (χ0n) is 12.3. The van der Waals surface area contributed by atoms with E-state index in [1.807, 2.05) is 12.3 Å². The first-order chi connectivity index (χ1) is 10.1. The molecule has 2 aromatic rings. The maximum absolute atomic E-state index is 10.9. The quantitative estimate of drug-likeness (QED) is 0.376. The number of carbonyl (C=O) groups excluding carboxylic acids is 1. The molecule has 0 saturated heterocycles. The molecule has 0 atom stereocenters. The van der Waals surface area contributed by atoms with Crippen molar-refractivity contribution in [2.45, 2.75) is 20.0 Å². The third kappa shape index (κ3) is 5.30. The van der Waals surface area contributed by atoms with Gasteiger partial charge in [0.05, 0.1) is 13.1 Å². The molecule has 120 valence electrons. The number of carbonyl (C=O) groups is 1. The largest absolute Gasteiger partial charge is 0.454 e. The minimum Gasteiger partial charge on any atom is -0.454 e. The summed E-state index contributed by atoms with van der Waals surface area (Å²) in [6, 6.07) is 3.25. The number of guanidine groups is 1. The van der Waals surface area contributed by atoms with Crippen molar-refractivity contribution in [1.29, 1.82) is 0 Å². The van der Waals surface area contributed by atoms with Gasteiger partial charge in [0.15, 0.2) is 11.7 Å². The summed E-state index contributed by atoms with van der Waals surface area (Å²) in [6.07, 6.45) is 0. The van der Waals surface area contributed by atoms with Crippen LogP contribution in [-0.4, -0.2) is 23.9 Å². The Morgan fingerprint density at radius 3 is 2.68 bits per heavy atom. The first-order valence-corrected chi connectivity index (χ1v) is 7.20. The number of furan rings is 1. The van der Waals surface area contributed by atoms with E-state index in [0.29, 0.717) is 24.8 Å². The van der Waals surface area contributed by atoms with Crippen LogP contribution in [0.25, 0.3) is 0 Å². The molecule has 0 radical (unpaired) electrons. The molecule has 0 aliphatic rings. The molecule has 0 aliphatic carbocycles. The van der Waals surface area contributed by atoms with E-state index in [1.165, 1.54) is 0 Å². The molecule has 0 unspecified atom stereocenters. The topological polar surface area (TPSA) is 106 Å². The number of aliphatic imine (C=N–C) groups is 1. The summed E-state index contributed by atoms with van der Waals surface area (Å²) in [7, 11) is 1.68. The summed E-state index contributed by atoms with van der Waals surface area (Å²) < 4.78 is 5.28. The van der Waals surface area contributed by atoms with Crippen LogP contribution < -0.4 is 16.4 Å². The van der Waals surface area contributed by atoms with Gasteiger partial charge >= 0.3 is 0 Å². The highest BCUT2D eigenvalue weighted by atomic mass is 127. The summed E-state index contributed by atoms with van der Waals surface area (Å²) in [4.78, 5) is 19.4. The fourth-order valence-electron chi connectivity index (χ4n) is 1.64. The molecule has 2 heterocycles. The normalized spacial score (nSPS) is 10.9. The van der Waals surface area contributed by atoms with Crippen LogP contribution in [0.15, 0.2) is 26.9 Å². The van der Waals surface area contributed by atoms with E-state index in [-0.39, 0.29) is 29.7 Å². The zero-order chi connectivity index (χ0) is 15.2. The molecule has 4 N–H and O–H groups in total. The number of aryl methyl sites for hydroxylation is 1. The van der Waals surface area contributed by atoms with Crippen LogP contribution >= 0.6 is 35.3 Å². The minimum atomic E-state index is -0.581. The molecule has 0 aromatic carbocycles. The van der Waals surface area contributed by atoms with Crippen LogP contribution in [0.3, 0.4) is 0 Å². The number of amides is 1. The smallest absolute Gasteiger partial charge is 0.284 e. The van der Waals surface area contributed by atoms with Crippen LogP contribution in [0, 0.1) is 6.92 Å². The molecular weight excluding hydrogens is 417 g/mol. The van der Waals surface area contributed by atoms with Gasteiger partial charge in [-0.1, -0.05) is 0 Å². The van der Waals surface area contributed by atoms with Gasteiger partial charge in [-0.15, -0.1) is 35.3 Å². The Morgan fingerprint density at radius 2 is 2.14 bits per heavy atom. The third-order valence-corrected chi connectivity index (χ3v) is 3.60. The average molecular weight is 435 g/mol. The van der Waals surface area contributed by atoms with E-state index in [1.54, 1.807) is 30.5 Å². The van der Waals surface area contributed by atoms with E-state index >= 15 is 0 Å². The number of primary amides is 1. The lowest BCUT2D eigenvalue weighted by molar-refractivity contribution is 0.0972. The molecule has 0 spiro atoms.